The van der Waals surface area contributed by atoms with Crippen molar-refractivity contribution < 1.29 is 14.7 Å². The number of carbonyl (C=O) groups is 2. The van der Waals surface area contributed by atoms with E-state index in [-0.39, 0.29) is 12.3 Å². The molecule has 0 saturated heterocycles. The molecule has 1 amide bonds. The van der Waals surface area contributed by atoms with Gasteiger partial charge in [-0.05, 0) is 31.6 Å². The van der Waals surface area contributed by atoms with E-state index in [4.69, 9.17) is 6.42 Å². The van der Waals surface area contributed by atoms with Crippen molar-refractivity contribution >= 4 is 11.9 Å². The molecule has 4 nitrogen and oxygen atoms in total. The van der Waals surface area contributed by atoms with Gasteiger partial charge in [-0.2, -0.15) is 0 Å². The van der Waals surface area contributed by atoms with Crippen molar-refractivity contribution in [1.82, 2.24) is 5.32 Å². The van der Waals surface area contributed by atoms with Crippen LogP contribution in [-0.4, -0.2) is 22.5 Å². The summed E-state index contributed by atoms with van der Waals surface area (Å²) in [5.41, 5.74) is -1.10. The minimum atomic E-state index is -1.10. The van der Waals surface area contributed by atoms with Crippen LogP contribution in [-0.2, 0) is 9.59 Å². The first-order valence-corrected chi connectivity index (χ1v) is 6.02. The normalized spacial score (nSPS) is 28.1. The molecule has 0 radical (unpaired) electrons. The van der Waals surface area contributed by atoms with Crippen LogP contribution in [0.3, 0.4) is 0 Å². The van der Waals surface area contributed by atoms with Gasteiger partial charge in [0.2, 0.25) is 5.91 Å². The highest BCUT2D eigenvalue weighted by molar-refractivity contribution is 5.88. The van der Waals surface area contributed by atoms with Gasteiger partial charge in [0.15, 0.2) is 0 Å². The fourth-order valence-electron chi connectivity index (χ4n) is 2.37. The van der Waals surface area contributed by atoms with Crippen LogP contribution >= 0.6 is 0 Å². The molecule has 1 rings (SSSR count). The molecule has 2 N–H and O–H groups in total. The van der Waals surface area contributed by atoms with E-state index < -0.39 is 11.5 Å². The predicted octanol–water partition coefficient (Wildman–Crippen LogP) is 1.55. The number of aliphatic carboxylic acids is 1. The van der Waals surface area contributed by atoms with Crippen molar-refractivity contribution in [3.63, 3.8) is 0 Å². The van der Waals surface area contributed by atoms with Crippen molar-refractivity contribution in [2.24, 2.45) is 5.92 Å². The number of rotatable bonds is 4. The summed E-state index contributed by atoms with van der Waals surface area (Å²) in [4.78, 5) is 22.8. The second-order valence-electron chi connectivity index (χ2n) is 4.67. The van der Waals surface area contributed by atoms with Crippen LogP contribution in [0.15, 0.2) is 0 Å². The maximum atomic E-state index is 11.5. The maximum absolute atomic E-state index is 11.5. The summed E-state index contributed by atoms with van der Waals surface area (Å²) in [6, 6.07) is 0. The third kappa shape index (κ3) is 3.23. The smallest absolute Gasteiger partial charge is 0.329 e. The van der Waals surface area contributed by atoms with Crippen LogP contribution in [0.25, 0.3) is 0 Å². The number of carboxylic acids is 1. The van der Waals surface area contributed by atoms with E-state index in [9.17, 15) is 14.7 Å². The minimum absolute atomic E-state index is 0.0633. The van der Waals surface area contributed by atoms with Crippen molar-refractivity contribution in [2.75, 3.05) is 0 Å². The molecule has 94 valence electrons. The Labute approximate surface area is 102 Å². The lowest BCUT2D eigenvalue weighted by atomic mass is 9.75. The lowest BCUT2D eigenvalue weighted by Gasteiger charge is -2.37. The van der Waals surface area contributed by atoms with E-state index in [0.29, 0.717) is 18.8 Å². The monoisotopic (exact) mass is 237 g/mol. The SMILES string of the molecule is C#CCC(=O)NC1(C(=O)O)CCC(CC)CC1. The quantitative estimate of drug-likeness (QED) is 0.729. The summed E-state index contributed by atoms with van der Waals surface area (Å²) >= 11 is 0. The molecule has 0 aliphatic heterocycles. The zero-order chi connectivity index (χ0) is 12.9. The average molecular weight is 237 g/mol. The number of carboxylic acid groups (broad SMARTS) is 1. The van der Waals surface area contributed by atoms with E-state index in [1.807, 2.05) is 0 Å². The van der Waals surface area contributed by atoms with Gasteiger partial charge in [-0.1, -0.05) is 19.3 Å². The van der Waals surface area contributed by atoms with Crippen molar-refractivity contribution in [3.05, 3.63) is 0 Å². The first kappa shape index (κ1) is 13.6. The van der Waals surface area contributed by atoms with Gasteiger partial charge in [-0.25, -0.2) is 4.79 Å². The first-order valence-electron chi connectivity index (χ1n) is 6.02. The van der Waals surface area contributed by atoms with Crippen molar-refractivity contribution in [2.45, 2.75) is 51.0 Å². The van der Waals surface area contributed by atoms with Crippen LogP contribution in [0.2, 0.25) is 0 Å². The van der Waals surface area contributed by atoms with E-state index in [0.717, 1.165) is 19.3 Å². The Kier molecular flexibility index (Phi) is 4.56. The van der Waals surface area contributed by atoms with E-state index in [1.165, 1.54) is 0 Å². The molecule has 0 spiro atoms. The van der Waals surface area contributed by atoms with Gasteiger partial charge in [-0.3, -0.25) is 4.79 Å². The Morgan fingerprint density at radius 1 is 1.47 bits per heavy atom. The Bertz CT molecular complexity index is 335. The number of hydrogen-bond acceptors (Lipinski definition) is 2. The first-order chi connectivity index (χ1) is 8.04. The summed E-state index contributed by atoms with van der Waals surface area (Å²) in [6.45, 7) is 2.11. The highest BCUT2D eigenvalue weighted by atomic mass is 16.4. The molecule has 0 aromatic carbocycles. The number of nitrogens with one attached hydrogen (secondary N) is 1. The topological polar surface area (TPSA) is 66.4 Å². The number of carbonyl (C=O) groups excluding carboxylic acids is 1. The molecule has 1 saturated carbocycles. The van der Waals surface area contributed by atoms with Crippen LogP contribution < -0.4 is 5.32 Å². The fraction of sp³-hybridized carbons (Fsp3) is 0.692. The highest BCUT2D eigenvalue weighted by Gasteiger charge is 2.42. The van der Waals surface area contributed by atoms with Gasteiger partial charge in [0.05, 0.1) is 6.42 Å². The molecule has 1 aliphatic carbocycles. The molecule has 4 heteroatoms. The molecule has 1 aliphatic rings. The van der Waals surface area contributed by atoms with E-state index in [2.05, 4.69) is 18.2 Å². The largest absolute Gasteiger partial charge is 0.480 e. The van der Waals surface area contributed by atoms with Crippen LogP contribution in [0.1, 0.15) is 45.4 Å². The Morgan fingerprint density at radius 3 is 2.47 bits per heavy atom. The number of hydrogen-bond donors (Lipinski definition) is 2. The second kappa shape index (κ2) is 5.72. The predicted molar refractivity (Wildman–Crippen MR) is 64.2 cm³/mol. The molecule has 0 aromatic heterocycles. The van der Waals surface area contributed by atoms with Gasteiger partial charge in [0.25, 0.3) is 0 Å². The summed E-state index contributed by atoms with van der Waals surface area (Å²) in [7, 11) is 0. The molecule has 1 fully saturated rings. The van der Waals surface area contributed by atoms with Gasteiger partial charge >= 0.3 is 5.97 Å². The van der Waals surface area contributed by atoms with Crippen LogP contribution in [0.4, 0.5) is 0 Å². The summed E-state index contributed by atoms with van der Waals surface area (Å²) in [6.07, 6.45) is 8.73. The van der Waals surface area contributed by atoms with Gasteiger partial charge in [-0.15, -0.1) is 6.42 Å². The van der Waals surface area contributed by atoms with E-state index >= 15 is 0 Å². The second-order valence-corrected chi connectivity index (χ2v) is 4.67. The number of amides is 1. The summed E-state index contributed by atoms with van der Waals surface area (Å²) < 4.78 is 0. The minimum Gasteiger partial charge on any atom is -0.480 e. The summed E-state index contributed by atoms with van der Waals surface area (Å²) in [5.74, 6) is 1.49. The van der Waals surface area contributed by atoms with Crippen LogP contribution in [0, 0.1) is 18.3 Å². The molecule has 0 bridgehead atoms. The molecule has 0 aromatic rings. The summed E-state index contributed by atoms with van der Waals surface area (Å²) in [5, 5.41) is 11.9. The molecule has 0 heterocycles. The molecular formula is C13H19NO3. The standard InChI is InChI=1S/C13H19NO3/c1-3-5-11(15)14-13(12(16)17)8-6-10(4-2)7-9-13/h1,10H,4-9H2,2H3,(H,14,15)(H,16,17). The molecule has 0 atom stereocenters. The fourth-order valence-corrected chi connectivity index (χ4v) is 2.37. The number of terminal acetylenes is 1. The lowest BCUT2D eigenvalue weighted by molar-refractivity contribution is -0.149. The molecular weight excluding hydrogens is 218 g/mol. The van der Waals surface area contributed by atoms with Gasteiger partial charge < -0.3 is 10.4 Å². The zero-order valence-corrected chi connectivity index (χ0v) is 10.2. The zero-order valence-electron chi connectivity index (χ0n) is 10.2. The third-order valence-electron chi connectivity index (χ3n) is 3.59. The van der Waals surface area contributed by atoms with Crippen molar-refractivity contribution in [1.29, 1.82) is 0 Å². The van der Waals surface area contributed by atoms with Gasteiger partial charge in [0, 0.05) is 0 Å². The third-order valence-corrected chi connectivity index (χ3v) is 3.59. The Morgan fingerprint density at radius 2 is 2.06 bits per heavy atom. The van der Waals surface area contributed by atoms with Gasteiger partial charge in [0.1, 0.15) is 5.54 Å². The Hall–Kier alpha value is -1.50. The van der Waals surface area contributed by atoms with Crippen LogP contribution in [0.5, 0.6) is 0 Å². The highest BCUT2D eigenvalue weighted by Crippen LogP contribution is 2.34. The average Bonchev–Trinajstić information content (AvgIpc) is 2.30. The lowest BCUT2D eigenvalue weighted by Crippen LogP contribution is -2.56. The Balaban J connectivity index is 2.69. The van der Waals surface area contributed by atoms with Crippen molar-refractivity contribution in [3.8, 4) is 12.3 Å². The molecule has 17 heavy (non-hydrogen) atoms. The maximum Gasteiger partial charge on any atom is 0.329 e. The molecule has 0 unspecified atom stereocenters. The van der Waals surface area contributed by atoms with E-state index in [1.54, 1.807) is 0 Å².